The molecule has 1 unspecified atom stereocenters. The molecule has 1 aromatic heterocycles. The van der Waals surface area contributed by atoms with Gasteiger partial charge in [-0.3, -0.25) is 14.3 Å². The molecule has 86 valence electrons. The lowest BCUT2D eigenvalue weighted by Gasteiger charge is -2.15. The van der Waals surface area contributed by atoms with Crippen molar-refractivity contribution in [1.29, 1.82) is 0 Å². The van der Waals surface area contributed by atoms with E-state index >= 15 is 0 Å². The van der Waals surface area contributed by atoms with Crippen molar-refractivity contribution in [3.8, 4) is 0 Å². The number of likely N-dealkylation sites (tertiary alicyclic amines) is 1. The lowest BCUT2D eigenvalue weighted by molar-refractivity contribution is -0.141. The Kier molecular flexibility index (Phi) is 2.64. The Morgan fingerprint density at radius 2 is 2.44 bits per heavy atom. The maximum atomic E-state index is 11.6. The van der Waals surface area contributed by atoms with Crippen molar-refractivity contribution < 1.29 is 14.7 Å². The molecule has 1 N–H and O–H groups in total. The van der Waals surface area contributed by atoms with Crippen LogP contribution in [0.3, 0.4) is 0 Å². The molecule has 1 amide bonds. The molecule has 1 aliphatic rings. The van der Waals surface area contributed by atoms with Crippen molar-refractivity contribution in [3.63, 3.8) is 0 Å². The van der Waals surface area contributed by atoms with Crippen molar-refractivity contribution in [2.75, 3.05) is 6.54 Å². The molecule has 0 aliphatic carbocycles. The minimum Gasteiger partial charge on any atom is -0.481 e. The maximum absolute atomic E-state index is 11.6. The minimum absolute atomic E-state index is 0.103. The molecule has 2 rings (SSSR count). The molecule has 0 aromatic carbocycles. The molecule has 1 aliphatic heterocycles. The van der Waals surface area contributed by atoms with Crippen molar-refractivity contribution in [2.45, 2.75) is 13.0 Å². The highest BCUT2D eigenvalue weighted by Gasteiger charge is 2.34. The fraction of sp³-hybridized carbons (Fsp3) is 0.500. The summed E-state index contributed by atoms with van der Waals surface area (Å²) in [5, 5.41) is 12.8. The van der Waals surface area contributed by atoms with Crippen LogP contribution in [0.1, 0.15) is 12.1 Å². The molecule has 0 spiro atoms. The van der Waals surface area contributed by atoms with Gasteiger partial charge in [-0.1, -0.05) is 0 Å². The third-order valence-corrected chi connectivity index (χ3v) is 2.84. The van der Waals surface area contributed by atoms with Crippen LogP contribution in [-0.2, 0) is 23.2 Å². The summed E-state index contributed by atoms with van der Waals surface area (Å²) in [7, 11) is 1.80. The van der Waals surface area contributed by atoms with Crippen molar-refractivity contribution in [1.82, 2.24) is 14.7 Å². The Labute approximate surface area is 92.5 Å². The van der Waals surface area contributed by atoms with E-state index in [0.29, 0.717) is 13.1 Å². The second-order valence-electron chi connectivity index (χ2n) is 3.96. The molecule has 2 heterocycles. The van der Waals surface area contributed by atoms with E-state index in [4.69, 9.17) is 5.11 Å². The molecule has 1 atom stereocenters. The average Bonchev–Trinajstić information content (AvgIpc) is 2.76. The number of carboxylic acids is 1. The molecule has 6 heteroatoms. The number of carboxylic acid groups (broad SMARTS) is 1. The third kappa shape index (κ3) is 1.91. The number of aliphatic carboxylic acids is 1. The summed E-state index contributed by atoms with van der Waals surface area (Å²) in [6.45, 7) is 0.721. The molecule has 1 fully saturated rings. The highest BCUT2D eigenvalue weighted by molar-refractivity contribution is 5.86. The summed E-state index contributed by atoms with van der Waals surface area (Å²) < 4.78 is 1.68. The molecule has 0 bridgehead atoms. The summed E-state index contributed by atoms with van der Waals surface area (Å²) >= 11 is 0. The minimum atomic E-state index is -0.902. The largest absolute Gasteiger partial charge is 0.481 e. The first-order valence-corrected chi connectivity index (χ1v) is 5.05. The molecule has 1 saturated heterocycles. The quantitative estimate of drug-likeness (QED) is 0.773. The molecular weight excluding hydrogens is 210 g/mol. The molecule has 1 aromatic rings. The van der Waals surface area contributed by atoms with E-state index in [1.807, 2.05) is 6.07 Å². The normalized spacial score (nSPS) is 20.4. The van der Waals surface area contributed by atoms with Gasteiger partial charge in [-0.05, 0) is 6.07 Å². The Balaban J connectivity index is 2.04. The summed E-state index contributed by atoms with van der Waals surface area (Å²) in [6.07, 6.45) is 1.76. The fourth-order valence-electron chi connectivity index (χ4n) is 1.84. The fourth-order valence-corrected chi connectivity index (χ4v) is 1.84. The van der Waals surface area contributed by atoms with E-state index in [9.17, 15) is 9.59 Å². The summed E-state index contributed by atoms with van der Waals surface area (Å²) in [5.41, 5.74) is 0.902. The van der Waals surface area contributed by atoms with Gasteiger partial charge in [-0.2, -0.15) is 5.10 Å². The lowest BCUT2D eigenvalue weighted by atomic mass is 10.1. The van der Waals surface area contributed by atoms with Crippen LogP contribution in [0.2, 0.25) is 0 Å². The van der Waals surface area contributed by atoms with E-state index in [1.165, 1.54) is 0 Å². The van der Waals surface area contributed by atoms with Gasteiger partial charge < -0.3 is 10.0 Å². The van der Waals surface area contributed by atoms with Gasteiger partial charge in [0.2, 0.25) is 5.91 Å². The van der Waals surface area contributed by atoms with Gasteiger partial charge in [0, 0.05) is 26.2 Å². The van der Waals surface area contributed by atoms with Crippen molar-refractivity contribution in [2.24, 2.45) is 13.0 Å². The summed E-state index contributed by atoms with van der Waals surface area (Å²) in [6, 6.07) is 1.82. The van der Waals surface area contributed by atoms with E-state index < -0.39 is 11.9 Å². The smallest absolute Gasteiger partial charge is 0.308 e. The first-order valence-electron chi connectivity index (χ1n) is 5.05. The van der Waals surface area contributed by atoms with Crippen molar-refractivity contribution >= 4 is 11.9 Å². The van der Waals surface area contributed by atoms with Gasteiger partial charge in [-0.25, -0.2) is 0 Å². The van der Waals surface area contributed by atoms with Gasteiger partial charge in [0.25, 0.3) is 0 Å². The number of nitrogens with zero attached hydrogens (tertiary/aromatic N) is 3. The number of hydrogen-bond acceptors (Lipinski definition) is 3. The van der Waals surface area contributed by atoms with E-state index in [1.54, 1.807) is 22.8 Å². The topological polar surface area (TPSA) is 75.4 Å². The van der Waals surface area contributed by atoms with Crippen LogP contribution in [0.4, 0.5) is 0 Å². The Hall–Kier alpha value is -1.85. The SMILES string of the molecule is Cn1nccc1CN1CC(C(=O)O)CC1=O. The van der Waals surface area contributed by atoms with E-state index in [0.717, 1.165) is 5.69 Å². The summed E-state index contributed by atoms with van der Waals surface area (Å²) in [5.74, 6) is -1.57. The number of hydrogen-bond donors (Lipinski definition) is 1. The van der Waals surface area contributed by atoms with Crippen LogP contribution >= 0.6 is 0 Å². The van der Waals surface area contributed by atoms with E-state index in [2.05, 4.69) is 5.10 Å². The lowest BCUT2D eigenvalue weighted by Crippen LogP contribution is -2.26. The number of aryl methyl sites for hydroxylation is 1. The van der Waals surface area contributed by atoms with Gasteiger partial charge in [0.15, 0.2) is 0 Å². The predicted molar refractivity (Wildman–Crippen MR) is 54.4 cm³/mol. The van der Waals surface area contributed by atoms with Crippen LogP contribution in [0.25, 0.3) is 0 Å². The zero-order chi connectivity index (χ0) is 11.7. The van der Waals surface area contributed by atoms with Crippen LogP contribution in [-0.4, -0.2) is 38.2 Å². The number of carbonyl (C=O) groups is 2. The molecular formula is C10H13N3O3. The Bertz CT molecular complexity index is 427. The summed E-state index contributed by atoms with van der Waals surface area (Å²) in [4.78, 5) is 23.9. The van der Waals surface area contributed by atoms with Gasteiger partial charge >= 0.3 is 5.97 Å². The Morgan fingerprint density at radius 1 is 1.69 bits per heavy atom. The van der Waals surface area contributed by atoms with Gasteiger partial charge in [-0.15, -0.1) is 0 Å². The highest BCUT2D eigenvalue weighted by Crippen LogP contribution is 2.19. The van der Waals surface area contributed by atoms with Crippen LogP contribution in [0.15, 0.2) is 12.3 Å². The molecule has 6 nitrogen and oxygen atoms in total. The zero-order valence-corrected chi connectivity index (χ0v) is 8.96. The molecule has 16 heavy (non-hydrogen) atoms. The van der Waals surface area contributed by atoms with Crippen LogP contribution in [0, 0.1) is 5.92 Å². The standard InChI is InChI=1S/C10H13N3O3/c1-12-8(2-3-11-12)6-13-5-7(10(15)16)4-9(13)14/h2-3,7H,4-6H2,1H3,(H,15,16). The average molecular weight is 223 g/mol. The van der Waals surface area contributed by atoms with Crippen molar-refractivity contribution in [3.05, 3.63) is 18.0 Å². The van der Waals surface area contributed by atoms with Crippen LogP contribution in [0.5, 0.6) is 0 Å². The monoisotopic (exact) mass is 223 g/mol. The first kappa shape index (κ1) is 10.7. The second kappa shape index (κ2) is 3.96. The Morgan fingerprint density at radius 3 is 2.94 bits per heavy atom. The zero-order valence-electron chi connectivity index (χ0n) is 8.96. The number of carbonyl (C=O) groups excluding carboxylic acids is 1. The predicted octanol–water partition coefficient (Wildman–Crippen LogP) is -0.147. The third-order valence-electron chi connectivity index (χ3n) is 2.84. The molecule has 0 saturated carbocycles. The number of aromatic nitrogens is 2. The van der Waals surface area contributed by atoms with E-state index in [-0.39, 0.29) is 12.3 Å². The number of amides is 1. The maximum Gasteiger partial charge on any atom is 0.308 e. The molecule has 0 radical (unpaired) electrons. The first-order chi connectivity index (χ1) is 7.58. The van der Waals surface area contributed by atoms with Gasteiger partial charge in [0.05, 0.1) is 18.2 Å². The second-order valence-corrected chi connectivity index (χ2v) is 3.96. The van der Waals surface area contributed by atoms with Crippen LogP contribution < -0.4 is 0 Å². The highest BCUT2D eigenvalue weighted by atomic mass is 16.4. The number of rotatable bonds is 3. The van der Waals surface area contributed by atoms with Gasteiger partial charge in [0.1, 0.15) is 0 Å².